The molecule has 0 radical (unpaired) electrons. The minimum Gasteiger partial charge on any atom is -0.383 e. The van der Waals surface area contributed by atoms with Gasteiger partial charge in [-0.15, -0.1) is 0 Å². The molecule has 0 aromatic heterocycles. The predicted octanol–water partition coefficient (Wildman–Crippen LogP) is 1.82. The molecule has 2 aliphatic heterocycles. The maximum absolute atomic E-state index is 12.6. The van der Waals surface area contributed by atoms with Crippen molar-refractivity contribution >= 4 is 11.8 Å². The number of β-amino-alcohol motifs (C(OH)–C–C–N with tert-alkyl or cyclic N) is 1. The van der Waals surface area contributed by atoms with E-state index in [-0.39, 0.29) is 18.4 Å². The van der Waals surface area contributed by atoms with Gasteiger partial charge in [0.2, 0.25) is 11.8 Å². The number of likely N-dealkylation sites (tertiary alicyclic amines) is 2. The molecule has 1 aromatic rings. The third-order valence-corrected chi connectivity index (χ3v) is 5.24. The Bertz CT molecular complexity index is 631. The molecular weight excluding hydrogens is 304 g/mol. The van der Waals surface area contributed by atoms with Gasteiger partial charge in [0.15, 0.2) is 0 Å². The summed E-state index contributed by atoms with van der Waals surface area (Å²) in [5, 5.41) is 11.0. The Labute approximate surface area is 143 Å². The van der Waals surface area contributed by atoms with Gasteiger partial charge in [0.1, 0.15) is 5.60 Å². The fraction of sp³-hybridized carbons (Fsp3) is 0.579. The van der Waals surface area contributed by atoms with Crippen LogP contribution in [0.3, 0.4) is 0 Å². The summed E-state index contributed by atoms with van der Waals surface area (Å²) in [5.41, 5.74) is 0.951. The van der Waals surface area contributed by atoms with Crippen molar-refractivity contribution < 1.29 is 14.7 Å². The standard InChI is InChI=1S/C19H26N2O3/c1-15-7-4-5-8-16(15)19(24)10-12-21(14-19)18(23)13-20-11-6-2-3-9-17(20)22/h4-5,7-8,24H,2-3,6,9-14H2,1H3. The topological polar surface area (TPSA) is 60.9 Å². The Kier molecular flexibility index (Phi) is 4.90. The van der Waals surface area contributed by atoms with Gasteiger partial charge in [-0.25, -0.2) is 0 Å². The van der Waals surface area contributed by atoms with Gasteiger partial charge in [0.25, 0.3) is 0 Å². The predicted molar refractivity (Wildman–Crippen MR) is 91.3 cm³/mol. The average Bonchev–Trinajstić information content (AvgIpc) is 2.86. The summed E-state index contributed by atoms with van der Waals surface area (Å²) in [7, 11) is 0. The van der Waals surface area contributed by atoms with Crippen molar-refractivity contribution in [2.24, 2.45) is 0 Å². The lowest BCUT2D eigenvalue weighted by atomic mass is 9.89. The number of amides is 2. The number of carbonyl (C=O) groups excluding carboxylic acids is 2. The average molecular weight is 330 g/mol. The normalized spacial score (nSPS) is 25.0. The van der Waals surface area contributed by atoms with Crippen molar-refractivity contribution in [3.05, 3.63) is 35.4 Å². The van der Waals surface area contributed by atoms with Crippen LogP contribution >= 0.6 is 0 Å². The first-order valence-electron chi connectivity index (χ1n) is 8.84. The molecule has 2 amide bonds. The fourth-order valence-corrected chi connectivity index (χ4v) is 3.79. The molecule has 130 valence electrons. The highest BCUT2D eigenvalue weighted by Gasteiger charge is 2.40. The van der Waals surface area contributed by atoms with Crippen LogP contribution in [0.15, 0.2) is 24.3 Å². The molecule has 2 aliphatic rings. The van der Waals surface area contributed by atoms with E-state index in [4.69, 9.17) is 0 Å². The number of carbonyl (C=O) groups is 2. The van der Waals surface area contributed by atoms with Gasteiger partial charge in [-0.2, -0.15) is 0 Å². The Morgan fingerprint density at radius 2 is 2.00 bits per heavy atom. The molecule has 2 fully saturated rings. The Morgan fingerprint density at radius 1 is 1.21 bits per heavy atom. The van der Waals surface area contributed by atoms with E-state index in [9.17, 15) is 14.7 Å². The fourth-order valence-electron chi connectivity index (χ4n) is 3.79. The van der Waals surface area contributed by atoms with Crippen molar-refractivity contribution in [3.8, 4) is 0 Å². The summed E-state index contributed by atoms with van der Waals surface area (Å²) in [4.78, 5) is 28.0. The number of rotatable bonds is 3. The van der Waals surface area contributed by atoms with Gasteiger partial charge in [-0.05, 0) is 37.3 Å². The van der Waals surface area contributed by atoms with Gasteiger partial charge in [-0.3, -0.25) is 9.59 Å². The van der Waals surface area contributed by atoms with E-state index in [2.05, 4.69) is 0 Å². The smallest absolute Gasteiger partial charge is 0.242 e. The van der Waals surface area contributed by atoms with Crippen LogP contribution in [0.1, 0.15) is 43.2 Å². The number of hydrogen-bond acceptors (Lipinski definition) is 3. The van der Waals surface area contributed by atoms with Crippen LogP contribution in [-0.4, -0.2) is 52.9 Å². The molecule has 1 unspecified atom stereocenters. The van der Waals surface area contributed by atoms with Crippen LogP contribution in [0.25, 0.3) is 0 Å². The highest BCUT2D eigenvalue weighted by molar-refractivity contribution is 5.85. The molecule has 5 nitrogen and oxygen atoms in total. The quantitative estimate of drug-likeness (QED) is 0.919. The van der Waals surface area contributed by atoms with E-state index in [1.807, 2.05) is 31.2 Å². The van der Waals surface area contributed by atoms with Crippen LogP contribution < -0.4 is 0 Å². The van der Waals surface area contributed by atoms with Crippen LogP contribution in [0.5, 0.6) is 0 Å². The maximum atomic E-state index is 12.6. The summed E-state index contributed by atoms with van der Waals surface area (Å²) >= 11 is 0. The molecular formula is C19H26N2O3. The van der Waals surface area contributed by atoms with Crippen molar-refractivity contribution in [2.75, 3.05) is 26.2 Å². The zero-order chi connectivity index (χ0) is 17.2. The Balaban J connectivity index is 1.65. The van der Waals surface area contributed by atoms with Gasteiger partial charge in [0.05, 0.1) is 13.1 Å². The highest BCUT2D eigenvalue weighted by atomic mass is 16.3. The zero-order valence-electron chi connectivity index (χ0n) is 14.3. The third kappa shape index (κ3) is 3.46. The summed E-state index contributed by atoms with van der Waals surface area (Å²) < 4.78 is 0. The second-order valence-electron chi connectivity index (χ2n) is 7.04. The van der Waals surface area contributed by atoms with Crippen molar-refractivity contribution in [1.82, 2.24) is 9.80 Å². The Hall–Kier alpha value is -1.88. The molecule has 3 rings (SSSR count). The molecule has 1 N–H and O–H groups in total. The van der Waals surface area contributed by atoms with Crippen LogP contribution in [0.2, 0.25) is 0 Å². The van der Waals surface area contributed by atoms with Gasteiger partial charge >= 0.3 is 0 Å². The summed E-state index contributed by atoms with van der Waals surface area (Å²) in [6, 6.07) is 7.78. The first kappa shape index (κ1) is 17.0. The van der Waals surface area contributed by atoms with Crippen LogP contribution in [0.4, 0.5) is 0 Å². The molecule has 1 aromatic carbocycles. The van der Waals surface area contributed by atoms with Crippen LogP contribution in [-0.2, 0) is 15.2 Å². The second kappa shape index (κ2) is 6.93. The van der Waals surface area contributed by atoms with Crippen molar-refractivity contribution in [1.29, 1.82) is 0 Å². The van der Waals surface area contributed by atoms with E-state index < -0.39 is 5.60 Å². The molecule has 5 heteroatoms. The zero-order valence-corrected chi connectivity index (χ0v) is 14.3. The van der Waals surface area contributed by atoms with Gasteiger partial charge < -0.3 is 14.9 Å². The minimum absolute atomic E-state index is 0.0604. The number of benzene rings is 1. The SMILES string of the molecule is Cc1ccccc1C1(O)CCN(C(=O)CN2CCCCCC2=O)C1. The number of nitrogens with zero attached hydrogens (tertiary/aromatic N) is 2. The molecule has 0 spiro atoms. The van der Waals surface area contributed by atoms with E-state index >= 15 is 0 Å². The van der Waals surface area contributed by atoms with Crippen molar-refractivity contribution in [3.63, 3.8) is 0 Å². The highest BCUT2D eigenvalue weighted by Crippen LogP contribution is 2.33. The maximum Gasteiger partial charge on any atom is 0.242 e. The molecule has 1 atom stereocenters. The monoisotopic (exact) mass is 330 g/mol. The largest absolute Gasteiger partial charge is 0.383 e. The summed E-state index contributed by atoms with van der Waals surface area (Å²) in [5.74, 6) is 0.0176. The van der Waals surface area contributed by atoms with E-state index in [0.717, 1.165) is 30.4 Å². The van der Waals surface area contributed by atoms with E-state index in [1.54, 1.807) is 9.80 Å². The molecule has 2 heterocycles. The molecule has 24 heavy (non-hydrogen) atoms. The van der Waals surface area contributed by atoms with Crippen molar-refractivity contribution in [2.45, 2.75) is 44.6 Å². The van der Waals surface area contributed by atoms with Gasteiger partial charge in [-0.1, -0.05) is 30.7 Å². The molecule has 0 bridgehead atoms. The lowest BCUT2D eigenvalue weighted by Crippen LogP contribution is -2.43. The minimum atomic E-state index is -0.982. The molecule has 0 saturated carbocycles. The molecule has 0 aliphatic carbocycles. The van der Waals surface area contributed by atoms with Crippen LogP contribution in [0, 0.1) is 6.92 Å². The second-order valence-corrected chi connectivity index (χ2v) is 7.04. The number of aliphatic hydroxyl groups is 1. The first-order chi connectivity index (χ1) is 11.5. The lowest BCUT2D eigenvalue weighted by molar-refractivity contribution is -0.140. The third-order valence-electron chi connectivity index (χ3n) is 5.24. The lowest BCUT2D eigenvalue weighted by Gasteiger charge is -2.27. The summed E-state index contributed by atoms with van der Waals surface area (Å²) in [6.45, 7) is 3.63. The van der Waals surface area contributed by atoms with E-state index in [1.165, 1.54) is 0 Å². The van der Waals surface area contributed by atoms with Gasteiger partial charge in [0, 0.05) is 19.5 Å². The van der Waals surface area contributed by atoms with E-state index in [0.29, 0.717) is 32.5 Å². The summed E-state index contributed by atoms with van der Waals surface area (Å²) in [6.07, 6.45) is 4.01. The first-order valence-corrected chi connectivity index (χ1v) is 8.84. The molecule has 2 saturated heterocycles. The Morgan fingerprint density at radius 3 is 2.79 bits per heavy atom. The number of aryl methyl sites for hydroxylation is 1. The number of hydrogen-bond donors (Lipinski definition) is 1.